The minimum absolute atomic E-state index is 0.215. The second-order valence-corrected chi connectivity index (χ2v) is 10.4. The van der Waals surface area contributed by atoms with Crippen molar-refractivity contribution >= 4 is 33.3 Å². The standard InChI is InChI=1S/C31H30N2O5/c1-19-25-17-23(12-13-24(25)30(36)38-33-19)32-29(35)22(16-27(34)20-8-5-4-6-9-20)18-31(2,3)26-11-7-10-21-14-15-37-28(21)26/h4-15,17,22,27,34H,16,18H2,1-3H3,(H,32,35). The zero-order chi connectivity index (χ0) is 26.9. The summed E-state index contributed by atoms with van der Waals surface area (Å²) in [7, 11) is 0. The number of nitrogens with zero attached hydrogens (tertiary/aromatic N) is 1. The summed E-state index contributed by atoms with van der Waals surface area (Å²) in [5, 5.41) is 19.9. The lowest BCUT2D eigenvalue weighted by atomic mass is 9.74. The van der Waals surface area contributed by atoms with Crippen molar-refractivity contribution in [3.8, 4) is 0 Å². The number of aryl methyl sites for hydroxylation is 1. The van der Waals surface area contributed by atoms with Gasteiger partial charge in [0.15, 0.2) is 0 Å². The molecular formula is C31H30N2O5. The molecule has 0 bridgehead atoms. The van der Waals surface area contributed by atoms with E-state index in [4.69, 9.17) is 8.94 Å². The van der Waals surface area contributed by atoms with E-state index in [-0.39, 0.29) is 12.3 Å². The van der Waals surface area contributed by atoms with Gasteiger partial charge in [0.2, 0.25) is 5.91 Å². The summed E-state index contributed by atoms with van der Waals surface area (Å²) in [4.78, 5) is 25.8. The number of aliphatic hydroxyl groups excluding tert-OH is 1. The Kier molecular flexibility index (Phi) is 6.87. The highest BCUT2D eigenvalue weighted by molar-refractivity contribution is 5.96. The molecule has 2 N–H and O–H groups in total. The van der Waals surface area contributed by atoms with Crippen LogP contribution >= 0.6 is 0 Å². The Hall–Kier alpha value is -4.23. The molecule has 0 aliphatic heterocycles. The molecular weight excluding hydrogens is 480 g/mol. The van der Waals surface area contributed by atoms with Crippen LogP contribution in [0.4, 0.5) is 5.69 Å². The summed E-state index contributed by atoms with van der Waals surface area (Å²) in [6.45, 7) is 5.92. The van der Waals surface area contributed by atoms with Crippen molar-refractivity contribution in [1.82, 2.24) is 5.16 Å². The maximum atomic E-state index is 13.7. The molecule has 0 fully saturated rings. The number of amides is 1. The number of benzene rings is 3. The zero-order valence-electron chi connectivity index (χ0n) is 21.6. The third kappa shape index (κ3) is 5.10. The van der Waals surface area contributed by atoms with Crippen LogP contribution in [0.25, 0.3) is 21.7 Å². The minimum Gasteiger partial charge on any atom is -0.464 e. The monoisotopic (exact) mass is 510 g/mol. The normalized spacial score (nSPS) is 13.5. The lowest BCUT2D eigenvalue weighted by Crippen LogP contribution is -2.31. The molecule has 0 radical (unpaired) electrons. The van der Waals surface area contributed by atoms with Crippen LogP contribution < -0.4 is 10.9 Å². The second-order valence-electron chi connectivity index (χ2n) is 10.4. The van der Waals surface area contributed by atoms with Crippen molar-refractivity contribution in [2.45, 2.75) is 45.1 Å². The number of anilines is 1. The lowest BCUT2D eigenvalue weighted by Gasteiger charge is -2.31. The van der Waals surface area contributed by atoms with Crippen LogP contribution in [0.3, 0.4) is 0 Å². The average molecular weight is 511 g/mol. The Morgan fingerprint density at radius 2 is 1.82 bits per heavy atom. The molecule has 0 saturated carbocycles. The SMILES string of the molecule is Cc1noc(=O)c2ccc(NC(=O)C(CC(O)c3ccccc3)CC(C)(C)c3cccc4ccoc34)cc12. The minimum atomic E-state index is -0.810. The maximum absolute atomic E-state index is 13.7. The topological polar surface area (TPSA) is 106 Å². The Bertz CT molecular complexity index is 1650. The number of fused-ring (bicyclic) bond motifs is 2. The molecule has 2 heterocycles. The number of furan rings is 1. The first-order valence-electron chi connectivity index (χ1n) is 12.6. The van der Waals surface area contributed by atoms with E-state index in [9.17, 15) is 14.7 Å². The largest absolute Gasteiger partial charge is 0.464 e. The summed E-state index contributed by atoms with van der Waals surface area (Å²) >= 11 is 0. The Labute approximate surface area is 220 Å². The fourth-order valence-corrected chi connectivity index (χ4v) is 5.17. The second kappa shape index (κ2) is 10.3. The quantitative estimate of drug-likeness (QED) is 0.254. The van der Waals surface area contributed by atoms with Gasteiger partial charge in [0.1, 0.15) is 5.58 Å². The predicted octanol–water partition coefficient (Wildman–Crippen LogP) is 6.29. The first-order valence-corrected chi connectivity index (χ1v) is 12.6. The van der Waals surface area contributed by atoms with Gasteiger partial charge in [-0.3, -0.25) is 4.79 Å². The first-order chi connectivity index (χ1) is 18.2. The molecule has 0 spiro atoms. The first kappa shape index (κ1) is 25.4. The van der Waals surface area contributed by atoms with E-state index in [2.05, 4.69) is 24.3 Å². The summed E-state index contributed by atoms with van der Waals surface area (Å²) in [6, 6.07) is 22.3. The van der Waals surface area contributed by atoms with Gasteiger partial charge in [-0.2, -0.15) is 0 Å². The van der Waals surface area contributed by atoms with Gasteiger partial charge < -0.3 is 19.4 Å². The van der Waals surface area contributed by atoms with E-state index in [1.165, 1.54) is 0 Å². The van der Waals surface area contributed by atoms with Crippen molar-refractivity contribution in [2.24, 2.45) is 5.92 Å². The smallest absolute Gasteiger partial charge is 0.366 e. The molecule has 3 aromatic carbocycles. The molecule has 7 nitrogen and oxygen atoms in total. The van der Waals surface area contributed by atoms with Crippen LogP contribution in [0.2, 0.25) is 0 Å². The third-order valence-electron chi connectivity index (χ3n) is 7.19. The number of para-hydroxylation sites is 1. The summed E-state index contributed by atoms with van der Waals surface area (Å²) in [6.07, 6.45) is 1.57. The molecule has 1 amide bonds. The van der Waals surface area contributed by atoms with Gasteiger partial charge in [0.25, 0.3) is 0 Å². The number of aromatic nitrogens is 1. The molecule has 0 aliphatic rings. The zero-order valence-corrected chi connectivity index (χ0v) is 21.6. The van der Waals surface area contributed by atoms with Crippen LogP contribution in [0, 0.1) is 12.8 Å². The number of carbonyl (C=O) groups excluding carboxylic acids is 1. The van der Waals surface area contributed by atoms with Crippen LogP contribution in [0.15, 0.2) is 92.8 Å². The molecule has 38 heavy (non-hydrogen) atoms. The number of hydrogen-bond acceptors (Lipinski definition) is 6. The van der Waals surface area contributed by atoms with E-state index in [0.29, 0.717) is 28.6 Å². The van der Waals surface area contributed by atoms with E-state index in [0.717, 1.165) is 22.1 Å². The fourth-order valence-electron chi connectivity index (χ4n) is 5.17. The maximum Gasteiger partial charge on any atom is 0.366 e. The molecule has 0 saturated heterocycles. The fraction of sp³-hybridized carbons (Fsp3) is 0.258. The van der Waals surface area contributed by atoms with Gasteiger partial charge >= 0.3 is 5.63 Å². The van der Waals surface area contributed by atoms with Crippen molar-refractivity contribution in [3.63, 3.8) is 0 Å². The summed E-state index contributed by atoms with van der Waals surface area (Å²) < 4.78 is 10.6. The van der Waals surface area contributed by atoms with Gasteiger partial charge in [-0.05, 0) is 55.0 Å². The number of aliphatic hydroxyl groups is 1. The van der Waals surface area contributed by atoms with Gasteiger partial charge in [-0.1, -0.05) is 67.5 Å². The van der Waals surface area contributed by atoms with Gasteiger partial charge in [0, 0.05) is 27.9 Å². The van der Waals surface area contributed by atoms with Crippen LogP contribution in [0.1, 0.15) is 49.6 Å². The number of nitrogens with one attached hydrogen (secondary N) is 1. The Morgan fingerprint density at radius 1 is 1.03 bits per heavy atom. The predicted molar refractivity (Wildman–Crippen MR) is 147 cm³/mol. The Morgan fingerprint density at radius 3 is 2.61 bits per heavy atom. The molecule has 2 aromatic heterocycles. The number of hydrogen-bond donors (Lipinski definition) is 2. The molecule has 5 aromatic rings. The highest BCUT2D eigenvalue weighted by atomic mass is 16.5. The van der Waals surface area contributed by atoms with Crippen LogP contribution in [-0.4, -0.2) is 16.2 Å². The summed E-state index contributed by atoms with van der Waals surface area (Å²) in [5.41, 5.74) is 2.71. The van der Waals surface area contributed by atoms with Gasteiger partial charge in [-0.25, -0.2) is 4.79 Å². The molecule has 2 unspecified atom stereocenters. The highest BCUT2D eigenvalue weighted by Gasteiger charge is 2.33. The van der Waals surface area contributed by atoms with Crippen molar-refractivity contribution in [3.05, 3.63) is 106 Å². The van der Waals surface area contributed by atoms with Gasteiger partial charge in [-0.15, -0.1) is 0 Å². The van der Waals surface area contributed by atoms with E-state index in [1.54, 1.807) is 31.4 Å². The highest BCUT2D eigenvalue weighted by Crippen LogP contribution is 2.38. The van der Waals surface area contributed by atoms with Gasteiger partial charge in [0.05, 0.1) is 23.4 Å². The van der Waals surface area contributed by atoms with E-state index < -0.39 is 23.1 Å². The number of rotatable bonds is 8. The third-order valence-corrected chi connectivity index (χ3v) is 7.19. The Balaban J connectivity index is 1.46. The lowest BCUT2D eigenvalue weighted by molar-refractivity contribution is -0.121. The van der Waals surface area contributed by atoms with Crippen molar-refractivity contribution in [2.75, 3.05) is 5.32 Å². The molecule has 7 heteroatoms. The van der Waals surface area contributed by atoms with Crippen LogP contribution in [-0.2, 0) is 10.2 Å². The van der Waals surface area contributed by atoms with E-state index >= 15 is 0 Å². The van der Waals surface area contributed by atoms with Crippen molar-refractivity contribution < 1.29 is 18.8 Å². The van der Waals surface area contributed by atoms with E-state index in [1.807, 2.05) is 54.6 Å². The molecule has 194 valence electrons. The average Bonchev–Trinajstić information content (AvgIpc) is 3.40. The number of carbonyl (C=O) groups is 1. The molecule has 0 aliphatic carbocycles. The molecule has 2 atom stereocenters. The van der Waals surface area contributed by atoms with Crippen LogP contribution in [0.5, 0.6) is 0 Å². The van der Waals surface area contributed by atoms with Crippen molar-refractivity contribution in [1.29, 1.82) is 0 Å². The molecule has 5 rings (SSSR count). The summed E-state index contributed by atoms with van der Waals surface area (Å²) in [5.74, 6) is -0.742.